The zero-order valence-corrected chi connectivity index (χ0v) is 18.1. The van der Waals surface area contributed by atoms with E-state index in [1.165, 1.54) is 0 Å². The molecule has 0 unspecified atom stereocenters. The van der Waals surface area contributed by atoms with E-state index in [0.717, 1.165) is 22.3 Å². The third-order valence-electron chi connectivity index (χ3n) is 5.41. The van der Waals surface area contributed by atoms with Crippen molar-refractivity contribution in [2.24, 2.45) is 5.92 Å². The van der Waals surface area contributed by atoms with Crippen molar-refractivity contribution in [1.82, 2.24) is 4.31 Å². The number of sulfonamides is 1. The highest BCUT2D eigenvalue weighted by Crippen LogP contribution is 2.31. The van der Waals surface area contributed by atoms with E-state index in [4.69, 9.17) is 0 Å². The molecule has 0 bridgehead atoms. The lowest BCUT2D eigenvalue weighted by Gasteiger charge is -2.16. The van der Waals surface area contributed by atoms with Gasteiger partial charge >= 0.3 is 0 Å². The quantitative estimate of drug-likeness (QED) is 0.705. The van der Waals surface area contributed by atoms with Crippen LogP contribution in [0.25, 0.3) is 0 Å². The number of allylic oxidation sites excluding steroid dienone is 1. The molecule has 1 saturated heterocycles. The van der Waals surface area contributed by atoms with Gasteiger partial charge < -0.3 is 5.11 Å². The van der Waals surface area contributed by atoms with Crippen LogP contribution < -0.4 is 0 Å². The van der Waals surface area contributed by atoms with E-state index in [0.29, 0.717) is 24.4 Å². The lowest BCUT2D eigenvalue weighted by Crippen LogP contribution is -2.28. The Morgan fingerprint density at radius 3 is 2.41 bits per heavy atom. The molecular weight excluding hydrogens is 382 g/mol. The minimum absolute atomic E-state index is 0.0307. The molecular formula is C24H29NO3S. The molecule has 29 heavy (non-hydrogen) atoms. The molecule has 1 aliphatic heterocycles. The molecule has 3 rings (SSSR count). The standard InChI is InChI=1S/C24H29NO3S/c1-18(2)23-17-25(29(27,28)22-14-12-19(3)13-15-22)16-21(23)10-7-11-24(26)20-8-5-4-6-9-20/h4-10,12-15,21,24,26H,11,16-17H2,1-3H3/b10-7+/t21-,24+/m0/s1. The molecule has 2 atom stereocenters. The molecule has 1 heterocycles. The van der Waals surface area contributed by atoms with E-state index < -0.39 is 16.1 Å². The summed E-state index contributed by atoms with van der Waals surface area (Å²) in [7, 11) is -3.52. The van der Waals surface area contributed by atoms with Crippen LogP contribution in [0, 0.1) is 12.8 Å². The lowest BCUT2D eigenvalue weighted by molar-refractivity contribution is 0.181. The maximum Gasteiger partial charge on any atom is 0.243 e. The number of aliphatic hydroxyl groups is 1. The number of rotatable bonds is 6. The zero-order valence-electron chi connectivity index (χ0n) is 17.2. The average molecular weight is 412 g/mol. The molecule has 1 N–H and O–H groups in total. The summed E-state index contributed by atoms with van der Waals surface area (Å²) in [6.07, 6.45) is 3.95. The molecule has 0 aliphatic carbocycles. The second-order valence-electron chi connectivity index (χ2n) is 7.83. The molecule has 0 amide bonds. The van der Waals surface area contributed by atoms with Gasteiger partial charge in [-0.25, -0.2) is 8.42 Å². The molecule has 0 aromatic heterocycles. The fourth-order valence-corrected chi connectivity index (χ4v) is 5.08. The molecule has 154 valence electrons. The van der Waals surface area contributed by atoms with Crippen LogP contribution in [-0.2, 0) is 10.0 Å². The highest BCUT2D eigenvalue weighted by molar-refractivity contribution is 7.89. The minimum Gasteiger partial charge on any atom is -0.388 e. The first-order valence-electron chi connectivity index (χ1n) is 9.92. The number of benzene rings is 2. The van der Waals surface area contributed by atoms with Gasteiger partial charge in [-0.15, -0.1) is 0 Å². The zero-order chi connectivity index (χ0) is 21.0. The van der Waals surface area contributed by atoms with Crippen LogP contribution in [0.1, 0.15) is 37.5 Å². The van der Waals surface area contributed by atoms with E-state index in [1.54, 1.807) is 16.4 Å². The summed E-state index contributed by atoms with van der Waals surface area (Å²) in [5.41, 5.74) is 4.19. The van der Waals surface area contributed by atoms with Gasteiger partial charge in [-0.05, 0) is 50.5 Å². The average Bonchev–Trinajstić information content (AvgIpc) is 3.14. The highest BCUT2D eigenvalue weighted by atomic mass is 32.2. The Morgan fingerprint density at radius 1 is 1.14 bits per heavy atom. The largest absolute Gasteiger partial charge is 0.388 e. The van der Waals surface area contributed by atoms with E-state index >= 15 is 0 Å². The van der Waals surface area contributed by atoms with E-state index in [-0.39, 0.29) is 5.92 Å². The number of hydrogen-bond donors (Lipinski definition) is 1. The summed E-state index contributed by atoms with van der Waals surface area (Å²) in [5.74, 6) is 0.0307. The third-order valence-corrected chi connectivity index (χ3v) is 7.23. The molecule has 2 aromatic carbocycles. The summed E-state index contributed by atoms with van der Waals surface area (Å²) in [6, 6.07) is 16.6. The molecule has 1 aliphatic rings. The Labute approximate surface area is 174 Å². The lowest BCUT2D eigenvalue weighted by atomic mass is 9.97. The van der Waals surface area contributed by atoms with E-state index in [1.807, 2.05) is 75.4 Å². The van der Waals surface area contributed by atoms with Gasteiger partial charge in [0, 0.05) is 19.0 Å². The minimum atomic E-state index is -3.52. The second-order valence-corrected chi connectivity index (χ2v) is 9.77. The van der Waals surface area contributed by atoms with Crippen molar-refractivity contribution in [3.05, 3.63) is 89.0 Å². The van der Waals surface area contributed by atoms with Crippen LogP contribution in [0.15, 0.2) is 82.8 Å². The van der Waals surface area contributed by atoms with Crippen LogP contribution >= 0.6 is 0 Å². The highest BCUT2D eigenvalue weighted by Gasteiger charge is 2.35. The summed E-state index contributed by atoms with van der Waals surface area (Å²) in [6.45, 7) is 6.83. The van der Waals surface area contributed by atoms with Crippen molar-refractivity contribution >= 4 is 10.0 Å². The van der Waals surface area contributed by atoms with Gasteiger partial charge in [0.05, 0.1) is 11.0 Å². The van der Waals surface area contributed by atoms with Crippen molar-refractivity contribution in [1.29, 1.82) is 0 Å². The number of aliphatic hydroxyl groups excluding tert-OH is 1. The predicted molar refractivity (Wildman–Crippen MR) is 117 cm³/mol. The summed E-state index contributed by atoms with van der Waals surface area (Å²) in [4.78, 5) is 0.334. The van der Waals surface area contributed by atoms with Gasteiger partial charge in [-0.1, -0.05) is 65.8 Å². The van der Waals surface area contributed by atoms with Crippen molar-refractivity contribution < 1.29 is 13.5 Å². The van der Waals surface area contributed by atoms with Gasteiger partial charge in [-0.2, -0.15) is 4.31 Å². The Bertz CT molecular complexity index is 988. The van der Waals surface area contributed by atoms with Crippen LogP contribution in [0.3, 0.4) is 0 Å². The van der Waals surface area contributed by atoms with Crippen molar-refractivity contribution in [3.63, 3.8) is 0 Å². The summed E-state index contributed by atoms with van der Waals surface area (Å²) >= 11 is 0. The van der Waals surface area contributed by atoms with Gasteiger partial charge in [0.15, 0.2) is 0 Å². The van der Waals surface area contributed by atoms with Crippen LogP contribution in [0.4, 0.5) is 0 Å². The van der Waals surface area contributed by atoms with Crippen molar-refractivity contribution in [2.75, 3.05) is 13.1 Å². The third kappa shape index (κ3) is 5.04. The Hall–Kier alpha value is -2.21. The Kier molecular flexibility index (Phi) is 6.73. The second kappa shape index (κ2) is 9.08. The fourth-order valence-electron chi connectivity index (χ4n) is 3.63. The Balaban J connectivity index is 1.74. The molecule has 0 radical (unpaired) electrons. The maximum absolute atomic E-state index is 13.1. The normalized spacial score (nSPS) is 19.0. The molecule has 1 fully saturated rings. The first-order chi connectivity index (χ1) is 13.8. The number of hydrogen-bond acceptors (Lipinski definition) is 3. The van der Waals surface area contributed by atoms with Gasteiger partial charge in [0.2, 0.25) is 10.0 Å². The van der Waals surface area contributed by atoms with Crippen molar-refractivity contribution in [3.8, 4) is 0 Å². The number of aryl methyl sites for hydroxylation is 1. The fraction of sp³-hybridized carbons (Fsp3) is 0.333. The van der Waals surface area contributed by atoms with Crippen molar-refractivity contribution in [2.45, 2.75) is 38.2 Å². The monoisotopic (exact) mass is 411 g/mol. The topological polar surface area (TPSA) is 57.6 Å². The Morgan fingerprint density at radius 2 is 1.79 bits per heavy atom. The molecule has 2 aromatic rings. The van der Waals surface area contributed by atoms with E-state index in [2.05, 4.69) is 0 Å². The SMILES string of the molecule is CC(C)=C1CN(S(=O)(=O)c2ccc(C)cc2)C[C@@H]1/C=C/C[C@@H](O)c1ccccc1. The van der Waals surface area contributed by atoms with Crippen LogP contribution in [0.5, 0.6) is 0 Å². The van der Waals surface area contributed by atoms with Crippen LogP contribution in [-0.4, -0.2) is 30.9 Å². The number of nitrogens with zero attached hydrogens (tertiary/aromatic N) is 1. The van der Waals surface area contributed by atoms with E-state index in [9.17, 15) is 13.5 Å². The molecule has 0 spiro atoms. The summed E-state index contributed by atoms with van der Waals surface area (Å²) in [5, 5.41) is 10.4. The molecule has 0 saturated carbocycles. The van der Waals surface area contributed by atoms with Crippen LogP contribution in [0.2, 0.25) is 0 Å². The molecule has 4 nitrogen and oxygen atoms in total. The smallest absolute Gasteiger partial charge is 0.243 e. The van der Waals surface area contributed by atoms with Gasteiger partial charge in [-0.3, -0.25) is 0 Å². The maximum atomic E-state index is 13.1. The first-order valence-corrected chi connectivity index (χ1v) is 11.4. The van der Waals surface area contributed by atoms with Gasteiger partial charge in [0.1, 0.15) is 0 Å². The molecule has 5 heteroatoms. The van der Waals surface area contributed by atoms with Gasteiger partial charge in [0.25, 0.3) is 0 Å². The first kappa shape index (κ1) is 21.5. The predicted octanol–water partition coefficient (Wildman–Crippen LogP) is 4.63. The summed E-state index contributed by atoms with van der Waals surface area (Å²) < 4.78 is 27.7.